The lowest BCUT2D eigenvalue weighted by Crippen LogP contribution is -2.37. The lowest BCUT2D eigenvalue weighted by molar-refractivity contribution is -0.385. The quantitative estimate of drug-likeness (QED) is 0.222. The number of primary sulfonamides is 1. The van der Waals surface area contributed by atoms with Crippen molar-refractivity contribution in [1.29, 1.82) is 0 Å². The van der Waals surface area contributed by atoms with Crippen molar-refractivity contribution in [3.63, 3.8) is 0 Å². The van der Waals surface area contributed by atoms with Crippen LogP contribution in [0.4, 0.5) is 5.69 Å². The van der Waals surface area contributed by atoms with E-state index >= 15 is 0 Å². The number of nitro benzene ring substituents is 1. The number of hydrogen-bond donors (Lipinski definition) is 2. The molecule has 0 atom stereocenters. The number of rotatable bonds is 8. The zero-order valence-electron chi connectivity index (χ0n) is 16.7. The molecule has 3 rings (SSSR count). The molecule has 14 heteroatoms. The summed E-state index contributed by atoms with van der Waals surface area (Å²) in [6.07, 6.45) is 0. The minimum Gasteiger partial charge on any atom is -0.454 e. The summed E-state index contributed by atoms with van der Waals surface area (Å²) >= 11 is 0. The first-order valence-corrected chi connectivity index (χ1v) is 10.7. The molecule has 3 amide bonds. The molecule has 172 valence electrons. The molecule has 0 unspecified atom stereocenters. The minimum absolute atomic E-state index is 0.00333. The van der Waals surface area contributed by atoms with E-state index in [1.54, 1.807) is 0 Å². The van der Waals surface area contributed by atoms with Gasteiger partial charge in [-0.2, -0.15) is 0 Å². The minimum atomic E-state index is -3.84. The van der Waals surface area contributed by atoms with Crippen LogP contribution in [0.3, 0.4) is 0 Å². The van der Waals surface area contributed by atoms with Crippen LogP contribution in [-0.2, 0) is 30.9 Å². The molecule has 0 fully saturated rings. The zero-order chi connectivity index (χ0) is 24.3. The van der Waals surface area contributed by atoms with Gasteiger partial charge in [0.05, 0.1) is 15.4 Å². The fraction of sp³-hybridized carbons (Fsp3) is 0.158. The number of esters is 1. The molecule has 0 aromatic heterocycles. The maximum absolute atomic E-state index is 12.4. The normalized spacial score (nSPS) is 12.9. The van der Waals surface area contributed by atoms with E-state index in [0.717, 1.165) is 6.07 Å². The van der Waals surface area contributed by atoms with E-state index in [0.29, 0.717) is 10.5 Å². The number of carbonyl (C=O) groups is 4. The highest BCUT2D eigenvalue weighted by atomic mass is 32.2. The Morgan fingerprint density at radius 3 is 2.36 bits per heavy atom. The summed E-state index contributed by atoms with van der Waals surface area (Å²) in [4.78, 5) is 59.4. The van der Waals surface area contributed by atoms with Crippen LogP contribution < -0.4 is 10.5 Å². The molecular formula is C19H16N4O9S. The second kappa shape index (κ2) is 9.13. The van der Waals surface area contributed by atoms with Crippen molar-refractivity contribution >= 4 is 39.4 Å². The monoisotopic (exact) mass is 476 g/mol. The smallest absolute Gasteiger partial charge is 0.326 e. The van der Waals surface area contributed by atoms with Gasteiger partial charge in [-0.1, -0.05) is 18.2 Å². The van der Waals surface area contributed by atoms with Gasteiger partial charge in [0.2, 0.25) is 10.0 Å². The number of hydrogen-bond acceptors (Lipinski definition) is 9. The van der Waals surface area contributed by atoms with E-state index in [2.05, 4.69) is 5.32 Å². The van der Waals surface area contributed by atoms with Gasteiger partial charge in [-0.3, -0.25) is 34.2 Å². The Balaban J connectivity index is 1.52. The van der Waals surface area contributed by atoms with Gasteiger partial charge in [-0.05, 0) is 23.8 Å². The third kappa shape index (κ3) is 5.19. The molecule has 1 aliphatic heterocycles. The standard InChI is InChI=1S/C19H16N4O9S/c20-33(30,31)12-6-4-11(5-7-12)8-21-15(24)10-32-16(25)9-22-18(26)13-2-1-3-14(23(28)29)17(13)19(22)27/h1-7H,8-10H2,(H,21,24)(H2,20,30,31). The molecule has 0 spiro atoms. The van der Waals surface area contributed by atoms with Crippen molar-refractivity contribution < 1.29 is 37.3 Å². The van der Waals surface area contributed by atoms with Crippen molar-refractivity contribution in [2.75, 3.05) is 13.2 Å². The highest BCUT2D eigenvalue weighted by Gasteiger charge is 2.41. The largest absolute Gasteiger partial charge is 0.454 e. The predicted molar refractivity (Wildman–Crippen MR) is 109 cm³/mol. The number of nitro groups is 1. The van der Waals surface area contributed by atoms with Crippen molar-refractivity contribution in [3.8, 4) is 0 Å². The van der Waals surface area contributed by atoms with Gasteiger partial charge in [0.15, 0.2) is 6.61 Å². The van der Waals surface area contributed by atoms with E-state index in [-0.39, 0.29) is 17.0 Å². The van der Waals surface area contributed by atoms with Gasteiger partial charge in [0.25, 0.3) is 23.4 Å². The Kier molecular flexibility index (Phi) is 6.50. The fourth-order valence-corrected chi connectivity index (χ4v) is 3.50. The van der Waals surface area contributed by atoms with E-state index in [1.165, 1.54) is 36.4 Å². The summed E-state index contributed by atoms with van der Waals surface area (Å²) < 4.78 is 27.2. The number of fused-ring (bicyclic) bond motifs is 1. The predicted octanol–water partition coefficient (Wildman–Crippen LogP) is -0.302. The van der Waals surface area contributed by atoms with Crippen molar-refractivity contribution in [3.05, 3.63) is 69.3 Å². The summed E-state index contributed by atoms with van der Waals surface area (Å²) in [6, 6.07) is 8.96. The molecule has 0 bridgehead atoms. The van der Waals surface area contributed by atoms with E-state index in [1.807, 2.05) is 0 Å². The number of nitrogens with two attached hydrogens (primary N) is 1. The molecule has 2 aromatic carbocycles. The average Bonchev–Trinajstić information content (AvgIpc) is 3.00. The molecule has 0 saturated heterocycles. The van der Waals surface area contributed by atoms with Crippen molar-refractivity contribution in [1.82, 2.24) is 10.2 Å². The molecule has 0 radical (unpaired) electrons. The number of nitrogens with zero attached hydrogens (tertiary/aromatic N) is 2. The van der Waals surface area contributed by atoms with Crippen LogP contribution in [0.1, 0.15) is 26.3 Å². The van der Waals surface area contributed by atoms with Crippen LogP contribution in [0.25, 0.3) is 0 Å². The second-order valence-electron chi connectivity index (χ2n) is 6.78. The Hall–Kier alpha value is -4.17. The number of sulfonamides is 1. The first-order valence-electron chi connectivity index (χ1n) is 9.16. The SMILES string of the molecule is NS(=O)(=O)c1ccc(CNC(=O)COC(=O)CN2C(=O)c3cccc([N+](=O)[O-])c3C2=O)cc1. The lowest BCUT2D eigenvalue weighted by Gasteiger charge is -2.13. The first-order chi connectivity index (χ1) is 15.5. The molecule has 1 aliphatic rings. The molecule has 2 aromatic rings. The maximum Gasteiger partial charge on any atom is 0.326 e. The summed E-state index contributed by atoms with van der Waals surface area (Å²) in [6.45, 7) is -1.54. The van der Waals surface area contributed by atoms with E-state index in [4.69, 9.17) is 9.88 Å². The average molecular weight is 476 g/mol. The van der Waals surface area contributed by atoms with Crippen LogP contribution in [0.2, 0.25) is 0 Å². The zero-order valence-corrected chi connectivity index (χ0v) is 17.5. The molecule has 13 nitrogen and oxygen atoms in total. The summed E-state index contributed by atoms with van der Waals surface area (Å²) in [5.74, 6) is -3.66. The van der Waals surface area contributed by atoms with Gasteiger partial charge in [-0.15, -0.1) is 0 Å². The van der Waals surface area contributed by atoms with Crippen LogP contribution in [0, 0.1) is 10.1 Å². The third-order valence-electron chi connectivity index (χ3n) is 4.57. The second-order valence-corrected chi connectivity index (χ2v) is 8.34. The van der Waals surface area contributed by atoms with Gasteiger partial charge in [0.1, 0.15) is 12.1 Å². The van der Waals surface area contributed by atoms with Crippen molar-refractivity contribution in [2.45, 2.75) is 11.4 Å². The fourth-order valence-electron chi connectivity index (χ4n) is 2.98. The Morgan fingerprint density at radius 1 is 1.09 bits per heavy atom. The number of amides is 3. The highest BCUT2D eigenvalue weighted by molar-refractivity contribution is 7.89. The van der Waals surface area contributed by atoms with Gasteiger partial charge < -0.3 is 10.1 Å². The Labute approximate surface area is 186 Å². The number of benzene rings is 2. The first kappa shape index (κ1) is 23.5. The number of carbonyl (C=O) groups excluding carboxylic acids is 4. The Bertz CT molecular complexity index is 1270. The molecule has 3 N–H and O–H groups in total. The van der Waals surface area contributed by atoms with Crippen LogP contribution in [0.5, 0.6) is 0 Å². The lowest BCUT2D eigenvalue weighted by atomic mass is 10.1. The van der Waals surface area contributed by atoms with Crippen LogP contribution in [-0.4, -0.2) is 55.1 Å². The van der Waals surface area contributed by atoms with Gasteiger partial charge in [0, 0.05) is 12.6 Å². The maximum atomic E-state index is 12.4. The summed E-state index contributed by atoms with van der Waals surface area (Å²) in [5.41, 5.74) is -0.618. The summed E-state index contributed by atoms with van der Waals surface area (Å²) in [7, 11) is -3.84. The number of nitrogens with one attached hydrogen (secondary N) is 1. The van der Waals surface area contributed by atoms with Crippen molar-refractivity contribution in [2.24, 2.45) is 5.14 Å². The van der Waals surface area contributed by atoms with Crippen LogP contribution in [0.15, 0.2) is 47.4 Å². The molecule has 1 heterocycles. The topological polar surface area (TPSA) is 196 Å². The number of imide groups is 1. The Morgan fingerprint density at radius 2 is 1.76 bits per heavy atom. The summed E-state index contributed by atoms with van der Waals surface area (Å²) in [5, 5.41) is 18.5. The highest BCUT2D eigenvalue weighted by Crippen LogP contribution is 2.30. The molecule has 0 aliphatic carbocycles. The molecule has 33 heavy (non-hydrogen) atoms. The van der Waals surface area contributed by atoms with E-state index < -0.39 is 63.0 Å². The van der Waals surface area contributed by atoms with Gasteiger partial charge in [-0.25, -0.2) is 13.6 Å². The molecule has 0 saturated carbocycles. The van der Waals surface area contributed by atoms with E-state index in [9.17, 15) is 37.7 Å². The number of ether oxygens (including phenoxy) is 1. The van der Waals surface area contributed by atoms with Gasteiger partial charge >= 0.3 is 5.97 Å². The third-order valence-corrected chi connectivity index (χ3v) is 5.50. The molecular weight excluding hydrogens is 460 g/mol. The van der Waals surface area contributed by atoms with Crippen LogP contribution >= 0.6 is 0 Å².